The maximum absolute atomic E-state index is 12.6. The molecule has 6 heteroatoms. The van der Waals surface area contributed by atoms with Crippen LogP contribution >= 0.6 is 0 Å². The Balaban J connectivity index is 1.71. The molecule has 6 nitrogen and oxygen atoms in total. The minimum atomic E-state index is -0.438. The zero-order chi connectivity index (χ0) is 21.5. The molecule has 0 fully saturated rings. The van der Waals surface area contributed by atoms with Crippen LogP contribution in [0.1, 0.15) is 28.4 Å². The summed E-state index contributed by atoms with van der Waals surface area (Å²) in [6, 6.07) is 20.2. The quantitative estimate of drug-likeness (QED) is 0.240. The molecule has 3 rings (SSSR count). The van der Waals surface area contributed by atoms with E-state index in [2.05, 4.69) is 16.8 Å². The lowest BCUT2D eigenvalue weighted by Crippen LogP contribution is -2.04. The minimum absolute atomic E-state index is 0.114. The number of ketones is 1. The third kappa shape index (κ3) is 5.26. The van der Waals surface area contributed by atoms with Gasteiger partial charge in [-0.2, -0.15) is 10.2 Å². The van der Waals surface area contributed by atoms with Crippen molar-refractivity contribution in [3.8, 4) is 5.75 Å². The molecule has 0 spiro atoms. The predicted octanol–water partition coefficient (Wildman–Crippen LogP) is 5.66. The van der Waals surface area contributed by atoms with E-state index < -0.39 is 5.97 Å². The van der Waals surface area contributed by atoms with Gasteiger partial charge in [0, 0.05) is 11.1 Å². The minimum Gasteiger partial charge on any atom is -0.507 e. The number of phenolic OH excluding ortho intramolecular Hbond substituents is 1. The zero-order valence-corrected chi connectivity index (χ0v) is 16.4. The number of hydrogen-bond donors (Lipinski definition) is 1. The first-order chi connectivity index (χ1) is 14.4. The summed E-state index contributed by atoms with van der Waals surface area (Å²) in [6.07, 6.45) is 0. The lowest BCUT2D eigenvalue weighted by Gasteiger charge is -2.05. The lowest BCUT2D eigenvalue weighted by molar-refractivity contribution is -0.140. The molecular formula is C24H20N2O4. The molecule has 1 N–H and O–H groups in total. The maximum atomic E-state index is 12.6. The van der Waals surface area contributed by atoms with Gasteiger partial charge in [-0.3, -0.25) is 4.79 Å². The summed E-state index contributed by atoms with van der Waals surface area (Å²) >= 11 is 0. The summed E-state index contributed by atoms with van der Waals surface area (Å²) < 4.78 is 5.09. The summed E-state index contributed by atoms with van der Waals surface area (Å²) in [5.74, 6) is -0.845. The van der Waals surface area contributed by atoms with E-state index in [0.29, 0.717) is 22.5 Å². The number of nitrogens with zero attached hydrogens (tertiary/aromatic N) is 2. The molecule has 0 aliphatic heterocycles. The molecular weight excluding hydrogens is 380 g/mol. The van der Waals surface area contributed by atoms with Crippen molar-refractivity contribution in [1.82, 2.24) is 0 Å². The number of ether oxygens (including phenoxy) is 1. The van der Waals surface area contributed by atoms with Gasteiger partial charge in [-0.25, -0.2) is 4.79 Å². The standard InChI is InChI=1S/C24H20N2O4/c1-16(2)24(29)30-15-17-8-10-19(11-9-17)25-26-20-12-13-22(27)21(14-20)23(28)18-6-4-3-5-7-18/h3-14,27H,1,15H2,2H3. The van der Waals surface area contributed by atoms with Crippen molar-refractivity contribution in [2.24, 2.45) is 10.2 Å². The van der Waals surface area contributed by atoms with Crippen LogP contribution in [-0.4, -0.2) is 16.9 Å². The molecule has 0 unspecified atom stereocenters. The second kappa shape index (κ2) is 9.43. The molecule has 0 aliphatic carbocycles. The van der Waals surface area contributed by atoms with E-state index in [4.69, 9.17) is 4.74 Å². The third-order valence-electron chi connectivity index (χ3n) is 4.20. The van der Waals surface area contributed by atoms with E-state index in [0.717, 1.165) is 5.56 Å². The summed E-state index contributed by atoms with van der Waals surface area (Å²) in [5, 5.41) is 18.4. The third-order valence-corrected chi connectivity index (χ3v) is 4.20. The highest BCUT2D eigenvalue weighted by molar-refractivity contribution is 6.11. The predicted molar refractivity (Wildman–Crippen MR) is 113 cm³/mol. The topological polar surface area (TPSA) is 88.3 Å². The molecule has 0 saturated carbocycles. The van der Waals surface area contributed by atoms with Crippen LogP contribution in [0.2, 0.25) is 0 Å². The summed E-state index contributed by atoms with van der Waals surface area (Å²) in [6.45, 7) is 5.27. The Morgan fingerprint density at radius 1 is 0.933 bits per heavy atom. The molecule has 0 aliphatic rings. The highest BCUT2D eigenvalue weighted by atomic mass is 16.5. The van der Waals surface area contributed by atoms with Crippen LogP contribution in [0.25, 0.3) is 0 Å². The van der Waals surface area contributed by atoms with Crippen molar-refractivity contribution in [3.05, 3.63) is 102 Å². The maximum Gasteiger partial charge on any atom is 0.333 e. The van der Waals surface area contributed by atoms with E-state index in [-0.39, 0.29) is 23.7 Å². The number of azo groups is 1. The van der Waals surface area contributed by atoms with Crippen molar-refractivity contribution in [2.75, 3.05) is 0 Å². The first-order valence-electron chi connectivity index (χ1n) is 9.20. The van der Waals surface area contributed by atoms with Crippen LogP contribution in [0.4, 0.5) is 11.4 Å². The van der Waals surface area contributed by atoms with Crippen LogP contribution in [0.15, 0.2) is 95.2 Å². The summed E-state index contributed by atoms with van der Waals surface area (Å²) in [4.78, 5) is 24.0. The van der Waals surface area contributed by atoms with E-state index in [1.807, 2.05) is 6.07 Å². The van der Waals surface area contributed by atoms with E-state index in [1.165, 1.54) is 12.1 Å². The van der Waals surface area contributed by atoms with E-state index in [9.17, 15) is 14.7 Å². The Hall–Kier alpha value is -4.06. The fraction of sp³-hybridized carbons (Fsp3) is 0.0833. The van der Waals surface area contributed by atoms with Crippen molar-refractivity contribution < 1.29 is 19.4 Å². The number of benzene rings is 3. The molecule has 150 valence electrons. The Morgan fingerprint density at radius 2 is 1.57 bits per heavy atom. The van der Waals surface area contributed by atoms with Gasteiger partial charge < -0.3 is 9.84 Å². The fourth-order valence-corrected chi connectivity index (χ4v) is 2.56. The first kappa shape index (κ1) is 20.7. The average molecular weight is 400 g/mol. The zero-order valence-electron chi connectivity index (χ0n) is 16.4. The van der Waals surface area contributed by atoms with E-state index >= 15 is 0 Å². The number of phenols is 1. The highest BCUT2D eigenvalue weighted by Crippen LogP contribution is 2.27. The van der Waals surface area contributed by atoms with Crippen molar-refractivity contribution >= 4 is 23.1 Å². The van der Waals surface area contributed by atoms with Crippen LogP contribution in [0.3, 0.4) is 0 Å². The van der Waals surface area contributed by atoms with Gasteiger partial charge in [-0.15, -0.1) is 0 Å². The molecule has 0 atom stereocenters. The second-order valence-electron chi connectivity index (χ2n) is 6.62. The van der Waals surface area contributed by atoms with Gasteiger partial charge in [-0.1, -0.05) is 49.0 Å². The molecule has 0 aromatic heterocycles. The molecule has 0 heterocycles. The number of hydrogen-bond acceptors (Lipinski definition) is 6. The first-order valence-corrected chi connectivity index (χ1v) is 9.20. The van der Waals surface area contributed by atoms with Gasteiger partial charge in [0.25, 0.3) is 0 Å². The Labute approximate surface area is 174 Å². The number of aromatic hydroxyl groups is 1. The van der Waals surface area contributed by atoms with Gasteiger partial charge in [-0.05, 0) is 42.8 Å². The van der Waals surface area contributed by atoms with E-state index in [1.54, 1.807) is 61.5 Å². The normalized spacial score (nSPS) is 10.7. The Bertz CT molecular complexity index is 1100. The highest BCUT2D eigenvalue weighted by Gasteiger charge is 2.14. The second-order valence-corrected chi connectivity index (χ2v) is 6.62. The van der Waals surface area contributed by atoms with Crippen LogP contribution < -0.4 is 0 Å². The van der Waals surface area contributed by atoms with Gasteiger partial charge in [0.1, 0.15) is 12.4 Å². The average Bonchev–Trinajstić information content (AvgIpc) is 2.77. The molecule has 0 bridgehead atoms. The number of carbonyl (C=O) groups excluding carboxylic acids is 2. The summed E-state index contributed by atoms with van der Waals surface area (Å²) in [5.41, 5.74) is 2.82. The molecule has 0 amide bonds. The Kier molecular flexibility index (Phi) is 6.49. The van der Waals surface area contributed by atoms with Gasteiger partial charge in [0.2, 0.25) is 0 Å². The molecule has 3 aromatic rings. The van der Waals surface area contributed by atoms with Crippen molar-refractivity contribution in [3.63, 3.8) is 0 Å². The Morgan fingerprint density at radius 3 is 2.23 bits per heavy atom. The summed E-state index contributed by atoms with van der Waals surface area (Å²) in [7, 11) is 0. The number of esters is 1. The fourth-order valence-electron chi connectivity index (χ4n) is 2.56. The van der Waals surface area contributed by atoms with Crippen molar-refractivity contribution in [1.29, 1.82) is 0 Å². The van der Waals surface area contributed by atoms with Gasteiger partial charge in [0.05, 0.1) is 16.9 Å². The number of rotatable bonds is 7. The number of carbonyl (C=O) groups is 2. The lowest BCUT2D eigenvalue weighted by atomic mass is 10.0. The molecule has 0 saturated heterocycles. The molecule has 30 heavy (non-hydrogen) atoms. The monoisotopic (exact) mass is 400 g/mol. The van der Waals surface area contributed by atoms with Gasteiger partial charge >= 0.3 is 5.97 Å². The van der Waals surface area contributed by atoms with Gasteiger partial charge in [0.15, 0.2) is 5.78 Å². The van der Waals surface area contributed by atoms with Crippen molar-refractivity contribution in [2.45, 2.75) is 13.5 Å². The smallest absolute Gasteiger partial charge is 0.333 e. The largest absolute Gasteiger partial charge is 0.507 e. The van der Waals surface area contributed by atoms with Crippen LogP contribution in [-0.2, 0) is 16.1 Å². The van der Waals surface area contributed by atoms with Crippen LogP contribution in [0.5, 0.6) is 5.75 Å². The van der Waals surface area contributed by atoms with Crippen LogP contribution in [0, 0.1) is 0 Å². The SMILES string of the molecule is C=C(C)C(=O)OCc1ccc(N=Nc2ccc(O)c(C(=O)c3ccccc3)c2)cc1. The molecule has 3 aromatic carbocycles. The molecule has 0 radical (unpaired) electrons.